The minimum atomic E-state index is -0.0704. The van der Waals surface area contributed by atoms with Gasteiger partial charge < -0.3 is 14.9 Å². The number of hydrogen-bond acceptors (Lipinski definition) is 13. The predicted octanol–water partition coefficient (Wildman–Crippen LogP) is 21.3. The highest BCUT2D eigenvalue weighted by Crippen LogP contribution is 2.51. The van der Waals surface area contributed by atoms with Crippen LogP contribution < -0.4 is 4.90 Å². The summed E-state index contributed by atoms with van der Waals surface area (Å²) < 4.78 is -0.400. The van der Waals surface area contributed by atoms with Gasteiger partial charge in [0.15, 0.2) is 23.3 Å². The van der Waals surface area contributed by atoms with Crippen LogP contribution in [0.3, 0.4) is 0 Å². The van der Waals surface area contributed by atoms with Gasteiger partial charge in [-0.1, -0.05) is 155 Å². The number of nitrogens with zero attached hydrogens (tertiary/aromatic N) is 7. The summed E-state index contributed by atoms with van der Waals surface area (Å²) in [6.45, 7) is 40.9. The Morgan fingerprint density at radius 2 is 0.586 bits per heavy atom. The zero-order valence-electron chi connectivity index (χ0n) is 53.9. The molecule has 0 spiro atoms. The molecule has 8 bridgehead atoms. The Kier molecular flexibility index (Phi) is 16.7. The fourth-order valence-corrected chi connectivity index (χ4v) is 16.9. The first-order chi connectivity index (χ1) is 40.5. The lowest BCUT2D eigenvalue weighted by atomic mass is 9.98. The van der Waals surface area contributed by atoms with Crippen LogP contribution in [-0.2, 0) is 0 Å². The molecule has 87 heavy (non-hydrogen) atoms. The first-order valence-corrected chi connectivity index (χ1v) is 34.5. The molecule has 0 saturated heterocycles. The maximum atomic E-state index is 5.65. The number of fused-ring (bicyclic) bond motifs is 20. The highest BCUT2D eigenvalue weighted by Gasteiger charge is 2.30. The van der Waals surface area contributed by atoms with Gasteiger partial charge in [-0.15, -0.1) is 70.6 Å². The monoisotopic (exact) mass is 1260 g/mol. The van der Waals surface area contributed by atoms with Crippen molar-refractivity contribution in [1.82, 2.24) is 39.9 Å². The van der Waals surface area contributed by atoms with Gasteiger partial charge in [0.25, 0.3) is 0 Å². The lowest BCUT2D eigenvalue weighted by Crippen LogP contribution is -2.10. The van der Waals surface area contributed by atoms with Crippen LogP contribution in [-0.4, -0.2) is 82.4 Å². The van der Waals surface area contributed by atoms with E-state index in [1.807, 2.05) is 84.7 Å². The second-order valence-corrected chi connectivity index (χ2v) is 39.7. The van der Waals surface area contributed by atoms with Crippen molar-refractivity contribution in [2.75, 3.05) is 19.0 Å². The van der Waals surface area contributed by atoms with Gasteiger partial charge in [-0.25, -0.2) is 29.9 Å². The number of benzene rings is 6. The number of aromatic amines is 2. The third-order valence-electron chi connectivity index (χ3n) is 13.5. The average molecular weight is 1260 g/mol. The minimum absolute atomic E-state index is 0.0641. The highest BCUT2D eigenvalue weighted by molar-refractivity contribution is 8.04. The number of nitrogens with one attached hydrogen (secondary N) is 2. The maximum Gasteiger partial charge on any atom is 0.164 e. The third-order valence-corrected chi connectivity index (χ3v) is 20.9. The van der Waals surface area contributed by atoms with E-state index < -0.39 is 0 Å². The van der Waals surface area contributed by atoms with Crippen LogP contribution in [0.15, 0.2) is 133 Å². The summed E-state index contributed by atoms with van der Waals surface area (Å²) in [5.41, 5.74) is 11.4. The summed E-state index contributed by atoms with van der Waals surface area (Å²) in [6, 6.07) is 37.2. The quantitative estimate of drug-likeness (QED) is 0.111. The van der Waals surface area contributed by atoms with Crippen molar-refractivity contribution >= 4 is 120 Å². The summed E-state index contributed by atoms with van der Waals surface area (Å²) in [7, 11) is 4.09. The molecule has 0 radical (unpaired) electrons. The molecule has 6 aromatic carbocycles. The van der Waals surface area contributed by atoms with Gasteiger partial charge in [0.2, 0.25) is 0 Å². The lowest BCUT2D eigenvalue weighted by Gasteiger charge is -2.24. The Bertz CT molecular complexity index is 4430. The van der Waals surface area contributed by atoms with Crippen molar-refractivity contribution in [2.45, 2.75) is 182 Å². The van der Waals surface area contributed by atoms with Crippen LogP contribution in [0.2, 0.25) is 0 Å². The Morgan fingerprint density at radius 3 is 0.897 bits per heavy atom. The Labute approximate surface area is 540 Å². The maximum absolute atomic E-state index is 5.65. The molecule has 5 heterocycles. The topological polar surface area (TPSA) is 112 Å². The molecule has 0 saturated carbocycles. The van der Waals surface area contributed by atoms with Gasteiger partial charge in [-0.05, 0) is 96.1 Å². The smallest absolute Gasteiger partial charge is 0.164 e. The summed E-state index contributed by atoms with van der Waals surface area (Å²) in [4.78, 5) is 50.3. The molecule has 15 heteroatoms. The van der Waals surface area contributed by atoms with E-state index in [2.05, 4.69) is 254 Å². The fraction of sp³-hybridized carbons (Fsp3) is 0.361. The van der Waals surface area contributed by atoms with Crippen molar-refractivity contribution in [3.63, 3.8) is 0 Å². The van der Waals surface area contributed by atoms with E-state index in [4.69, 9.17) is 29.9 Å². The van der Waals surface area contributed by atoms with Gasteiger partial charge in [-0.3, -0.25) is 0 Å². The molecule has 9 nitrogen and oxygen atoms in total. The molecule has 448 valence electrons. The minimum Gasteiger partial charge on any atom is -0.378 e. The van der Waals surface area contributed by atoms with Crippen LogP contribution in [0.25, 0.3) is 101 Å². The van der Waals surface area contributed by atoms with E-state index in [-0.39, 0.29) is 28.5 Å². The Hall–Kier alpha value is -5.86. The van der Waals surface area contributed by atoms with E-state index in [9.17, 15) is 0 Å². The van der Waals surface area contributed by atoms with Crippen LogP contribution in [0.5, 0.6) is 0 Å². The first-order valence-electron chi connectivity index (χ1n) is 29.6. The SMILES string of the molecule is CN(C)c1ccc(C#Cc2ccc(-c3ccc4c(c3)-c3nc-4nc4[nH]c(nc5nc(nc6[nH]c(n3)c3cc(SC(C)(C)C)c(SC(C)(C)C)cc63)-c3cc(SC(C)(C)C)c(SC(C)(C)C)cc3-5)c3cc(SC(C)(C)C)c(SC(C)(C)C)cc43)cc2)cc1. The van der Waals surface area contributed by atoms with Gasteiger partial charge in [0.1, 0.15) is 22.6 Å². The second kappa shape index (κ2) is 23.2. The van der Waals surface area contributed by atoms with E-state index in [0.29, 0.717) is 45.9 Å². The summed E-state index contributed by atoms with van der Waals surface area (Å²) >= 11 is 11.2. The molecule has 9 aromatic rings. The molecule has 0 unspecified atom stereocenters. The predicted molar refractivity (Wildman–Crippen MR) is 382 cm³/mol. The number of H-pyrrole nitrogens is 2. The van der Waals surface area contributed by atoms with E-state index in [1.165, 1.54) is 29.4 Å². The molecule has 0 amide bonds. The van der Waals surface area contributed by atoms with Crippen molar-refractivity contribution in [1.29, 1.82) is 0 Å². The van der Waals surface area contributed by atoms with Gasteiger partial charge in [0, 0.05) is 133 Å². The van der Waals surface area contributed by atoms with E-state index in [1.54, 1.807) is 0 Å². The van der Waals surface area contributed by atoms with E-state index in [0.717, 1.165) is 71.7 Å². The Morgan fingerprint density at radius 1 is 0.310 bits per heavy atom. The molecule has 2 N–H and O–H groups in total. The number of aromatic nitrogens is 8. The number of anilines is 1. The van der Waals surface area contributed by atoms with Crippen molar-refractivity contribution in [2.24, 2.45) is 0 Å². The van der Waals surface area contributed by atoms with Gasteiger partial charge in [-0.2, -0.15) is 0 Å². The molecular weight excluding hydrogens is 1180 g/mol. The zero-order chi connectivity index (χ0) is 62.5. The number of thioether (sulfide) groups is 6. The first kappa shape index (κ1) is 62.7. The third kappa shape index (κ3) is 14.7. The van der Waals surface area contributed by atoms with Crippen molar-refractivity contribution in [3.8, 4) is 68.5 Å². The molecule has 2 aliphatic heterocycles. The summed E-state index contributed by atoms with van der Waals surface area (Å²) in [5.74, 6) is 9.01. The number of hydrogen-bond donors (Lipinski definition) is 2. The summed E-state index contributed by atoms with van der Waals surface area (Å²) in [5, 5.41) is 3.79. The molecule has 0 atom stereocenters. The van der Waals surface area contributed by atoms with Crippen LogP contribution in [0, 0.1) is 11.8 Å². The molecule has 2 aliphatic rings. The highest BCUT2D eigenvalue weighted by atomic mass is 32.2. The molecular formula is C72H79N9S6. The normalized spacial score (nSPS) is 13.0. The largest absolute Gasteiger partial charge is 0.378 e. The lowest BCUT2D eigenvalue weighted by molar-refractivity contribution is 0.795. The van der Waals surface area contributed by atoms with Crippen LogP contribution in [0.4, 0.5) is 5.69 Å². The van der Waals surface area contributed by atoms with Gasteiger partial charge >= 0.3 is 0 Å². The fourth-order valence-electron chi connectivity index (χ4n) is 10.2. The molecule has 3 aromatic heterocycles. The number of rotatable bonds is 8. The van der Waals surface area contributed by atoms with Crippen LogP contribution in [0.1, 0.15) is 136 Å². The average Bonchev–Trinajstić information content (AvgIpc) is 1.63. The molecule has 11 rings (SSSR count). The van der Waals surface area contributed by atoms with Crippen LogP contribution >= 0.6 is 70.6 Å². The van der Waals surface area contributed by atoms with E-state index >= 15 is 0 Å². The Balaban J connectivity index is 1.23. The second-order valence-electron chi connectivity index (χ2n) is 28.5. The molecule has 0 fully saturated rings. The molecule has 0 aliphatic carbocycles. The summed E-state index contributed by atoms with van der Waals surface area (Å²) in [6.07, 6.45) is 0. The van der Waals surface area contributed by atoms with Gasteiger partial charge in [0.05, 0.1) is 0 Å². The van der Waals surface area contributed by atoms with Crippen molar-refractivity contribution in [3.05, 3.63) is 114 Å². The standard InChI is InChI=1S/C72H79N9S6/c1-67(2,3)82-53-34-47-48(35-54(53)83-68(4,5)6)63-76-61(47)74-59-45-32-29-43(42-27-23-40(24-28-42)21-22-41-25-30-44(31-26-41)81(19)20)33-46(45)60(73-59)75-62-49-36-55(84-69(7,8)9)56(85-70(10,11)12)37-50(49)64(77-62)79-66-52-39-58(87-72(16,17)18)57(86-71(13,14)15)38-51(52)65(78-63)80-66/h23-39H,1-20H3,(H2,73,74,75,76,77,78,79,80). The van der Waals surface area contributed by atoms with Crippen molar-refractivity contribution < 1.29 is 0 Å². The zero-order valence-corrected chi connectivity index (χ0v) is 58.8.